The van der Waals surface area contributed by atoms with Gasteiger partial charge < -0.3 is 14.7 Å². The first kappa shape index (κ1) is 23.9. The molecule has 2 aliphatic rings. The summed E-state index contributed by atoms with van der Waals surface area (Å²) in [5, 5.41) is 11.8. The lowest BCUT2D eigenvalue weighted by atomic mass is 9.73. The van der Waals surface area contributed by atoms with Crippen LogP contribution in [-0.2, 0) is 15.1 Å². The average Bonchev–Trinajstić information content (AvgIpc) is 2.90. The molecule has 1 aromatic heterocycles. The van der Waals surface area contributed by atoms with Crippen LogP contribution in [0.3, 0.4) is 0 Å². The summed E-state index contributed by atoms with van der Waals surface area (Å²) in [7, 11) is 0. The molecule has 0 bridgehead atoms. The minimum Gasteiger partial charge on any atom is -0.463 e. The smallest absolute Gasteiger partial charge is 0.343 e. The normalized spacial score (nSPS) is 20.6. The molecular weight excluding hydrogens is 412 g/mol. The Hall–Kier alpha value is -2.24. The van der Waals surface area contributed by atoms with Crippen LogP contribution in [0.5, 0.6) is 0 Å². The van der Waals surface area contributed by atoms with Gasteiger partial charge in [0.1, 0.15) is 0 Å². The molecular formula is C28H38N2O3. The van der Waals surface area contributed by atoms with Crippen LogP contribution in [0.2, 0.25) is 0 Å². The van der Waals surface area contributed by atoms with E-state index in [1.807, 2.05) is 42.5 Å². The van der Waals surface area contributed by atoms with Gasteiger partial charge >= 0.3 is 5.97 Å². The van der Waals surface area contributed by atoms with Crippen LogP contribution in [-0.4, -0.2) is 47.2 Å². The van der Waals surface area contributed by atoms with E-state index in [9.17, 15) is 9.90 Å². The molecule has 1 aliphatic heterocycles. The van der Waals surface area contributed by atoms with Crippen molar-refractivity contribution in [1.29, 1.82) is 0 Å². The van der Waals surface area contributed by atoms with Crippen molar-refractivity contribution in [2.24, 2.45) is 5.92 Å². The number of pyridine rings is 1. The Morgan fingerprint density at radius 1 is 1.00 bits per heavy atom. The van der Waals surface area contributed by atoms with Crippen molar-refractivity contribution in [1.82, 2.24) is 9.88 Å². The Kier molecular flexibility index (Phi) is 8.51. The topological polar surface area (TPSA) is 62.7 Å². The number of likely N-dealkylation sites (tertiary alicyclic amines) is 1. The molecule has 0 radical (unpaired) electrons. The summed E-state index contributed by atoms with van der Waals surface area (Å²) in [5.41, 5.74) is 0.198. The highest BCUT2D eigenvalue weighted by Crippen LogP contribution is 2.40. The van der Waals surface area contributed by atoms with Crippen molar-refractivity contribution in [3.63, 3.8) is 0 Å². The summed E-state index contributed by atoms with van der Waals surface area (Å²) >= 11 is 0. The highest BCUT2D eigenvalue weighted by atomic mass is 16.5. The van der Waals surface area contributed by atoms with Gasteiger partial charge in [0.2, 0.25) is 0 Å². The Labute approximate surface area is 198 Å². The zero-order chi connectivity index (χ0) is 22.9. The molecule has 1 saturated heterocycles. The molecule has 1 unspecified atom stereocenters. The lowest BCUT2D eigenvalue weighted by Crippen LogP contribution is -2.45. The van der Waals surface area contributed by atoms with Gasteiger partial charge in [-0.2, -0.15) is 0 Å². The second-order valence-electron chi connectivity index (χ2n) is 9.73. The Bertz CT molecular complexity index is 848. The van der Waals surface area contributed by atoms with Gasteiger partial charge in [0.25, 0.3) is 0 Å². The number of rotatable bonds is 9. The van der Waals surface area contributed by atoms with Crippen LogP contribution >= 0.6 is 0 Å². The predicted octanol–water partition coefficient (Wildman–Crippen LogP) is 5.05. The first-order chi connectivity index (χ1) is 16.2. The van der Waals surface area contributed by atoms with Gasteiger partial charge in [0.05, 0.1) is 6.61 Å². The molecule has 2 aromatic rings. The Morgan fingerprint density at radius 2 is 1.67 bits per heavy atom. The van der Waals surface area contributed by atoms with Crippen molar-refractivity contribution in [3.8, 4) is 0 Å². The van der Waals surface area contributed by atoms with Crippen LogP contribution in [0.1, 0.15) is 74.8 Å². The molecule has 33 heavy (non-hydrogen) atoms. The van der Waals surface area contributed by atoms with E-state index in [4.69, 9.17) is 4.74 Å². The lowest BCUT2D eigenvalue weighted by molar-refractivity contribution is -0.176. The number of carbonyl (C=O) groups excluding carboxylic acids is 1. The van der Waals surface area contributed by atoms with Gasteiger partial charge in [0.15, 0.2) is 5.60 Å². The van der Waals surface area contributed by atoms with Gasteiger partial charge in [-0.05, 0) is 75.0 Å². The largest absolute Gasteiger partial charge is 0.463 e. The summed E-state index contributed by atoms with van der Waals surface area (Å²) in [6, 6.07) is 13.4. The van der Waals surface area contributed by atoms with Crippen molar-refractivity contribution in [2.45, 2.75) is 69.3 Å². The van der Waals surface area contributed by atoms with Gasteiger partial charge in [-0.1, -0.05) is 56.0 Å². The van der Waals surface area contributed by atoms with Crippen LogP contribution in [0.15, 0.2) is 54.9 Å². The molecule has 1 saturated carbocycles. The summed E-state index contributed by atoms with van der Waals surface area (Å²) in [6.07, 6.45) is 13.3. The maximum Gasteiger partial charge on any atom is 0.343 e. The third-order valence-electron chi connectivity index (χ3n) is 7.56. The first-order valence-electron chi connectivity index (χ1n) is 12.8. The van der Waals surface area contributed by atoms with Crippen molar-refractivity contribution in [2.75, 3.05) is 26.2 Å². The van der Waals surface area contributed by atoms with E-state index in [-0.39, 0.29) is 18.4 Å². The maximum atomic E-state index is 13.5. The van der Waals surface area contributed by atoms with Crippen molar-refractivity contribution >= 4 is 5.97 Å². The molecule has 178 valence electrons. The van der Waals surface area contributed by atoms with Crippen LogP contribution in [0, 0.1) is 5.92 Å². The molecule has 1 N–H and O–H groups in total. The predicted molar refractivity (Wildman–Crippen MR) is 130 cm³/mol. The molecule has 5 nitrogen and oxygen atoms in total. The summed E-state index contributed by atoms with van der Waals surface area (Å²) in [4.78, 5) is 20.2. The number of piperidine rings is 1. The molecule has 2 fully saturated rings. The second kappa shape index (κ2) is 11.8. The molecule has 1 aliphatic carbocycles. The number of esters is 1. The van der Waals surface area contributed by atoms with Crippen molar-refractivity contribution < 1.29 is 14.6 Å². The SMILES string of the molecule is O=C(OC[C@H](CCN1CCCCC1)c1ccncc1)C(O)(c1ccccc1)C1CCCCC1. The van der Waals surface area contributed by atoms with E-state index >= 15 is 0 Å². The van der Waals surface area contributed by atoms with E-state index in [1.54, 1.807) is 12.4 Å². The minimum atomic E-state index is -1.59. The van der Waals surface area contributed by atoms with Crippen LogP contribution < -0.4 is 0 Å². The van der Waals surface area contributed by atoms with Crippen LogP contribution in [0.25, 0.3) is 0 Å². The number of ether oxygens (including phenoxy) is 1. The van der Waals surface area contributed by atoms with Gasteiger partial charge in [0, 0.05) is 24.2 Å². The number of carbonyl (C=O) groups is 1. The van der Waals surface area contributed by atoms with Crippen LogP contribution in [0.4, 0.5) is 0 Å². The Morgan fingerprint density at radius 3 is 2.36 bits per heavy atom. The van der Waals surface area contributed by atoms with E-state index in [1.165, 1.54) is 19.3 Å². The number of hydrogen-bond acceptors (Lipinski definition) is 5. The molecule has 2 atom stereocenters. The molecule has 0 amide bonds. The molecule has 1 aromatic carbocycles. The fraction of sp³-hybridized carbons (Fsp3) is 0.571. The monoisotopic (exact) mass is 450 g/mol. The lowest BCUT2D eigenvalue weighted by Gasteiger charge is -2.37. The number of nitrogens with zero attached hydrogens (tertiary/aromatic N) is 2. The average molecular weight is 451 g/mol. The quantitative estimate of drug-likeness (QED) is 0.542. The molecule has 2 heterocycles. The summed E-state index contributed by atoms with van der Waals surface area (Å²) in [6.45, 7) is 3.57. The third-order valence-corrected chi connectivity index (χ3v) is 7.56. The highest BCUT2D eigenvalue weighted by molar-refractivity contribution is 5.81. The standard InChI is InChI=1S/C28H38N2O3/c31-27(28(32,25-10-4-1-5-11-25)26-12-6-2-7-13-26)33-22-24(23-14-17-29-18-15-23)16-21-30-19-8-3-9-20-30/h1,4-5,10-11,14-15,17-18,24,26,32H,2-3,6-9,12-13,16,19-22H2/t24-,28?/m0/s1. The Balaban J connectivity index is 1.48. The molecule has 5 heteroatoms. The number of hydrogen-bond donors (Lipinski definition) is 1. The van der Waals surface area contributed by atoms with Gasteiger partial charge in [-0.3, -0.25) is 4.98 Å². The van der Waals surface area contributed by atoms with E-state index < -0.39 is 11.6 Å². The van der Waals surface area contributed by atoms with Gasteiger partial charge in [-0.15, -0.1) is 0 Å². The molecule has 4 rings (SSSR count). The minimum absolute atomic E-state index is 0.0882. The van der Waals surface area contributed by atoms with E-state index in [2.05, 4.69) is 9.88 Å². The zero-order valence-electron chi connectivity index (χ0n) is 19.7. The molecule has 0 spiro atoms. The van der Waals surface area contributed by atoms with Gasteiger partial charge in [-0.25, -0.2) is 4.79 Å². The van der Waals surface area contributed by atoms with Crippen molar-refractivity contribution in [3.05, 3.63) is 66.0 Å². The fourth-order valence-electron chi connectivity index (χ4n) is 5.52. The summed E-state index contributed by atoms with van der Waals surface area (Å²) in [5.74, 6) is -0.517. The third kappa shape index (κ3) is 6.01. The second-order valence-corrected chi connectivity index (χ2v) is 9.73. The highest BCUT2D eigenvalue weighted by Gasteiger charge is 2.47. The van der Waals surface area contributed by atoms with E-state index in [0.717, 1.165) is 63.7 Å². The number of aromatic nitrogens is 1. The maximum absolute atomic E-state index is 13.5. The summed E-state index contributed by atoms with van der Waals surface area (Å²) < 4.78 is 5.94. The fourth-order valence-corrected chi connectivity index (χ4v) is 5.52. The van der Waals surface area contributed by atoms with E-state index in [0.29, 0.717) is 5.56 Å². The number of aliphatic hydroxyl groups is 1. The number of benzene rings is 1. The first-order valence-corrected chi connectivity index (χ1v) is 12.8. The zero-order valence-corrected chi connectivity index (χ0v) is 19.7.